The van der Waals surface area contributed by atoms with Gasteiger partial charge in [0.2, 0.25) is 0 Å². The molecule has 0 unspecified atom stereocenters. The van der Waals surface area contributed by atoms with Gasteiger partial charge in [-0.15, -0.1) is 0 Å². The highest BCUT2D eigenvalue weighted by atomic mass is 32.2. The van der Waals surface area contributed by atoms with E-state index in [-0.39, 0.29) is 0 Å². The predicted octanol–water partition coefficient (Wildman–Crippen LogP) is -1.55. The average molecular weight is 182 g/mol. The van der Waals surface area contributed by atoms with Crippen molar-refractivity contribution >= 4 is 10.3 Å². The summed E-state index contributed by atoms with van der Waals surface area (Å²) in [6.07, 6.45) is 0. The topological polar surface area (TPSA) is 81.9 Å². The molecule has 2 N–H and O–H groups in total. The van der Waals surface area contributed by atoms with Crippen molar-refractivity contribution in [2.24, 2.45) is 5.14 Å². The molecule has 0 bridgehead atoms. The Hall–Kier alpha value is -0.210. The average Bonchev–Trinajstić information content (AvgIpc) is 1.85. The fourth-order valence-electron chi connectivity index (χ4n) is 0.768. The molecule has 0 spiro atoms. The zero-order chi connectivity index (χ0) is 8.32. The van der Waals surface area contributed by atoms with Crippen molar-refractivity contribution in [2.45, 2.75) is 0 Å². The lowest BCUT2D eigenvalue weighted by Crippen LogP contribution is -2.39. The molecule has 1 rings (SSSR count). The molecule has 11 heavy (non-hydrogen) atoms. The maximum absolute atomic E-state index is 10.4. The number of hydrogen-bond acceptors (Lipinski definition) is 5. The number of nitrogens with zero attached hydrogens (tertiary/aromatic N) is 1. The van der Waals surface area contributed by atoms with Crippen molar-refractivity contribution < 1.29 is 17.4 Å². The van der Waals surface area contributed by atoms with Gasteiger partial charge in [0.25, 0.3) is 0 Å². The van der Waals surface area contributed by atoms with Gasteiger partial charge < -0.3 is 4.74 Å². The van der Waals surface area contributed by atoms with E-state index in [1.54, 1.807) is 0 Å². The van der Waals surface area contributed by atoms with Gasteiger partial charge in [0.15, 0.2) is 0 Å². The summed E-state index contributed by atoms with van der Waals surface area (Å²) in [7, 11) is -3.85. The van der Waals surface area contributed by atoms with Crippen LogP contribution >= 0.6 is 0 Å². The molecule has 0 aromatic carbocycles. The molecule has 0 radical (unpaired) electrons. The molecule has 0 aromatic heterocycles. The Morgan fingerprint density at radius 3 is 2.36 bits per heavy atom. The van der Waals surface area contributed by atoms with Crippen LogP contribution in [0.4, 0.5) is 0 Å². The van der Waals surface area contributed by atoms with E-state index in [2.05, 4.69) is 9.42 Å². The van der Waals surface area contributed by atoms with Crippen LogP contribution in [0.3, 0.4) is 0 Å². The summed E-state index contributed by atoms with van der Waals surface area (Å²) in [5.74, 6) is 0. The van der Waals surface area contributed by atoms with Crippen LogP contribution in [0.2, 0.25) is 0 Å². The Kier molecular flexibility index (Phi) is 2.79. The van der Waals surface area contributed by atoms with Gasteiger partial charge in [0, 0.05) is 13.1 Å². The quantitative estimate of drug-likeness (QED) is 0.559. The van der Waals surface area contributed by atoms with E-state index < -0.39 is 10.3 Å². The van der Waals surface area contributed by atoms with Crippen molar-refractivity contribution in [2.75, 3.05) is 26.3 Å². The van der Waals surface area contributed by atoms with Crippen LogP contribution in [0.1, 0.15) is 0 Å². The molecule has 1 aliphatic rings. The minimum absolute atomic E-state index is 0.427. The first-order valence-corrected chi connectivity index (χ1v) is 4.60. The van der Waals surface area contributed by atoms with Crippen molar-refractivity contribution in [3.05, 3.63) is 0 Å². The molecule has 0 atom stereocenters. The second-order valence-electron chi connectivity index (χ2n) is 2.11. The molecule has 0 aliphatic carbocycles. The Bertz CT molecular complexity index is 208. The highest BCUT2D eigenvalue weighted by Crippen LogP contribution is 1.98. The molecule has 0 aromatic rings. The summed E-state index contributed by atoms with van der Waals surface area (Å²) >= 11 is 0. The highest BCUT2D eigenvalue weighted by molar-refractivity contribution is 7.84. The summed E-state index contributed by atoms with van der Waals surface area (Å²) in [4.78, 5) is 0. The Balaban J connectivity index is 2.36. The standard InChI is InChI=1S/C4H10N2O4S/c5-11(7,8)10-6-1-3-9-4-2-6/h1-4H2,(H2,5,7,8). The predicted molar refractivity (Wildman–Crippen MR) is 36.6 cm³/mol. The van der Waals surface area contributed by atoms with Crippen LogP contribution in [0.15, 0.2) is 0 Å². The lowest BCUT2D eigenvalue weighted by Gasteiger charge is -2.23. The van der Waals surface area contributed by atoms with Gasteiger partial charge in [-0.3, -0.25) is 0 Å². The van der Waals surface area contributed by atoms with Crippen LogP contribution in [0, 0.1) is 0 Å². The third-order valence-electron chi connectivity index (χ3n) is 1.18. The van der Waals surface area contributed by atoms with E-state index in [1.165, 1.54) is 5.06 Å². The SMILES string of the molecule is NS(=O)(=O)ON1CCOCC1. The molecular formula is C4H10N2O4S. The molecule has 6 nitrogen and oxygen atoms in total. The molecule has 66 valence electrons. The minimum Gasteiger partial charge on any atom is -0.379 e. The van der Waals surface area contributed by atoms with E-state index >= 15 is 0 Å². The van der Waals surface area contributed by atoms with Crippen LogP contribution in [-0.2, 0) is 19.3 Å². The van der Waals surface area contributed by atoms with Gasteiger partial charge in [-0.1, -0.05) is 0 Å². The third-order valence-corrected chi connectivity index (χ3v) is 1.60. The summed E-state index contributed by atoms with van der Waals surface area (Å²) in [5, 5.41) is 5.90. The monoisotopic (exact) mass is 182 g/mol. The maximum Gasteiger partial charge on any atom is 0.349 e. The minimum atomic E-state index is -3.85. The molecule has 0 saturated carbocycles. The van der Waals surface area contributed by atoms with Gasteiger partial charge in [0.05, 0.1) is 13.2 Å². The van der Waals surface area contributed by atoms with Crippen molar-refractivity contribution in [1.82, 2.24) is 5.06 Å². The van der Waals surface area contributed by atoms with Gasteiger partial charge in [-0.2, -0.15) is 17.8 Å². The number of hydroxylamine groups is 2. The van der Waals surface area contributed by atoms with Gasteiger partial charge in [-0.25, -0.2) is 5.14 Å². The lowest BCUT2D eigenvalue weighted by atomic mass is 10.5. The summed E-state index contributed by atoms with van der Waals surface area (Å²) in [5.41, 5.74) is 0. The number of rotatable bonds is 2. The first kappa shape index (κ1) is 8.88. The first-order valence-electron chi connectivity index (χ1n) is 3.13. The summed E-state index contributed by atoms with van der Waals surface area (Å²) < 4.78 is 30.1. The van der Waals surface area contributed by atoms with Crippen LogP contribution in [0.25, 0.3) is 0 Å². The Morgan fingerprint density at radius 2 is 1.91 bits per heavy atom. The molecule has 1 heterocycles. The van der Waals surface area contributed by atoms with E-state index in [4.69, 9.17) is 4.74 Å². The summed E-state index contributed by atoms with van der Waals surface area (Å²) in [6, 6.07) is 0. The number of nitrogens with two attached hydrogens (primary N) is 1. The van der Waals surface area contributed by atoms with E-state index in [0.717, 1.165) is 0 Å². The van der Waals surface area contributed by atoms with Gasteiger partial charge in [0.1, 0.15) is 0 Å². The zero-order valence-corrected chi connectivity index (χ0v) is 6.71. The van der Waals surface area contributed by atoms with Gasteiger partial charge in [-0.05, 0) is 0 Å². The highest BCUT2D eigenvalue weighted by Gasteiger charge is 2.15. The normalized spacial score (nSPS) is 21.9. The molecule has 1 aliphatic heterocycles. The second-order valence-corrected chi connectivity index (χ2v) is 3.24. The Labute approximate surface area is 65.1 Å². The van der Waals surface area contributed by atoms with Crippen molar-refractivity contribution in [3.63, 3.8) is 0 Å². The lowest BCUT2D eigenvalue weighted by molar-refractivity contribution is -0.113. The molecule has 1 saturated heterocycles. The van der Waals surface area contributed by atoms with Crippen LogP contribution in [-0.4, -0.2) is 39.8 Å². The smallest absolute Gasteiger partial charge is 0.349 e. The number of morpholine rings is 1. The van der Waals surface area contributed by atoms with Crippen molar-refractivity contribution in [1.29, 1.82) is 0 Å². The van der Waals surface area contributed by atoms with Gasteiger partial charge >= 0.3 is 10.3 Å². The maximum atomic E-state index is 10.4. The van der Waals surface area contributed by atoms with Crippen LogP contribution < -0.4 is 5.14 Å². The van der Waals surface area contributed by atoms with Crippen molar-refractivity contribution in [3.8, 4) is 0 Å². The first-order chi connectivity index (χ1) is 5.08. The number of ether oxygens (including phenoxy) is 1. The fraction of sp³-hybridized carbons (Fsp3) is 1.00. The third kappa shape index (κ3) is 3.63. The Morgan fingerprint density at radius 1 is 1.36 bits per heavy atom. The van der Waals surface area contributed by atoms with Crippen LogP contribution in [0.5, 0.6) is 0 Å². The molecule has 0 amide bonds. The molecule has 1 fully saturated rings. The largest absolute Gasteiger partial charge is 0.379 e. The van der Waals surface area contributed by atoms with E-state index in [9.17, 15) is 8.42 Å². The second kappa shape index (κ2) is 3.46. The van der Waals surface area contributed by atoms with E-state index in [1.807, 2.05) is 0 Å². The molecular weight excluding hydrogens is 172 g/mol. The zero-order valence-electron chi connectivity index (χ0n) is 5.89. The fourth-order valence-corrected chi connectivity index (χ4v) is 1.21. The summed E-state index contributed by atoms with van der Waals surface area (Å²) in [6.45, 7) is 1.79. The van der Waals surface area contributed by atoms with E-state index in [0.29, 0.717) is 26.3 Å². The molecule has 7 heteroatoms. The number of hydrogen-bond donors (Lipinski definition) is 1.